The van der Waals surface area contributed by atoms with Crippen molar-refractivity contribution in [2.45, 2.75) is 31.8 Å². The molecular weight excluding hydrogens is 314 g/mol. The zero-order chi connectivity index (χ0) is 12.7. The second-order valence-corrected chi connectivity index (χ2v) is 7.11. The summed E-state index contributed by atoms with van der Waals surface area (Å²) in [7, 11) is 0. The Bertz CT molecular complexity index is 462. The Morgan fingerprint density at radius 2 is 2.39 bits per heavy atom. The van der Waals surface area contributed by atoms with Gasteiger partial charge in [0.1, 0.15) is 6.04 Å². The lowest BCUT2D eigenvalue weighted by Crippen LogP contribution is -2.39. The van der Waals surface area contributed by atoms with E-state index in [9.17, 15) is 9.90 Å². The molecule has 3 unspecified atom stereocenters. The van der Waals surface area contributed by atoms with Crippen LogP contribution in [0.5, 0.6) is 0 Å². The fourth-order valence-corrected chi connectivity index (χ4v) is 5.02. The van der Waals surface area contributed by atoms with Gasteiger partial charge in [-0.1, -0.05) is 6.42 Å². The Morgan fingerprint density at radius 1 is 1.56 bits per heavy atom. The fourth-order valence-electron chi connectivity index (χ4n) is 3.52. The van der Waals surface area contributed by atoms with Gasteiger partial charge < -0.3 is 5.11 Å². The molecule has 1 saturated carbocycles. The number of fused-ring (bicyclic) bond motifs is 1. The molecule has 1 aliphatic carbocycles. The van der Waals surface area contributed by atoms with Crippen molar-refractivity contribution in [3.63, 3.8) is 0 Å². The highest BCUT2D eigenvalue weighted by atomic mass is 79.9. The molecular formula is C13H16BrNO2S. The quantitative estimate of drug-likeness (QED) is 0.925. The fraction of sp³-hybridized carbons (Fsp3) is 0.615. The Labute approximate surface area is 119 Å². The summed E-state index contributed by atoms with van der Waals surface area (Å²) in [6.07, 6.45) is 3.50. The van der Waals surface area contributed by atoms with Crippen LogP contribution in [-0.4, -0.2) is 28.6 Å². The first-order valence-electron chi connectivity index (χ1n) is 6.35. The topological polar surface area (TPSA) is 40.5 Å². The molecule has 3 nitrogen and oxygen atoms in total. The molecule has 0 aromatic carbocycles. The van der Waals surface area contributed by atoms with E-state index >= 15 is 0 Å². The predicted molar refractivity (Wildman–Crippen MR) is 74.7 cm³/mol. The zero-order valence-electron chi connectivity index (χ0n) is 10.0. The Hall–Kier alpha value is -0.390. The van der Waals surface area contributed by atoms with Gasteiger partial charge in [-0.15, -0.1) is 11.3 Å². The van der Waals surface area contributed by atoms with E-state index in [1.807, 2.05) is 11.4 Å². The van der Waals surface area contributed by atoms with Crippen LogP contribution in [-0.2, 0) is 11.3 Å². The number of hydrogen-bond acceptors (Lipinski definition) is 3. The molecule has 0 spiro atoms. The van der Waals surface area contributed by atoms with Gasteiger partial charge in [0, 0.05) is 22.4 Å². The minimum absolute atomic E-state index is 0.272. The first kappa shape index (κ1) is 12.6. The van der Waals surface area contributed by atoms with Crippen LogP contribution in [0, 0.1) is 11.8 Å². The van der Waals surface area contributed by atoms with Crippen molar-refractivity contribution in [3.8, 4) is 0 Å². The van der Waals surface area contributed by atoms with Crippen molar-refractivity contribution in [1.82, 2.24) is 4.90 Å². The number of hydrogen-bond donors (Lipinski definition) is 1. The average molecular weight is 330 g/mol. The van der Waals surface area contributed by atoms with E-state index in [4.69, 9.17) is 0 Å². The smallest absolute Gasteiger partial charge is 0.321 e. The molecule has 1 aliphatic heterocycles. The number of rotatable bonds is 3. The van der Waals surface area contributed by atoms with Crippen LogP contribution in [0.15, 0.2) is 15.9 Å². The van der Waals surface area contributed by atoms with Crippen LogP contribution < -0.4 is 0 Å². The van der Waals surface area contributed by atoms with E-state index in [2.05, 4.69) is 20.8 Å². The lowest BCUT2D eigenvalue weighted by molar-refractivity contribution is -0.143. The molecule has 5 heteroatoms. The second-order valence-electron chi connectivity index (χ2n) is 5.26. The molecule has 3 rings (SSSR count). The van der Waals surface area contributed by atoms with E-state index < -0.39 is 5.97 Å². The van der Waals surface area contributed by atoms with Gasteiger partial charge in [0.2, 0.25) is 0 Å². The third kappa shape index (κ3) is 2.12. The van der Waals surface area contributed by atoms with Gasteiger partial charge in [-0.25, -0.2) is 0 Å². The third-order valence-electron chi connectivity index (χ3n) is 4.28. The maximum Gasteiger partial charge on any atom is 0.321 e. The molecule has 1 N–H and O–H groups in total. The van der Waals surface area contributed by atoms with Crippen molar-refractivity contribution < 1.29 is 9.90 Å². The van der Waals surface area contributed by atoms with Crippen LogP contribution in [0.25, 0.3) is 0 Å². The van der Waals surface area contributed by atoms with Gasteiger partial charge >= 0.3 is 5.97 Å². The summed E-state index contributed by atoms with van der Waals surface area (Å²) in [5.74, 6) is 0.336. The van der Waals surface area contributed by atoms with Crippen molar-refractivity contribution in [3.05, 3.63) is 20.8 Å². The summed E-state index contributed by atoms with van der Waals surface area (Å²) in [4.78, 5) is 14.9. The van der Waals surface area contributed by atoms with Gasteiger partial charge in [0.25, 0.3) is 0 Å². The molecule has 1 saturated heterocycles. The first-order valence-corrected chi connectivity index (χ1v) is 8.03. The van der Waals surface area contributed by atoms with Gasteiger partial charge in [-0.05, 0) is 52.1 Å². The highest BCUT2D eigenvalue weighted by molar-refractivity contribution is 9.10. The van der Waals surface area contributed by atoms with Gasteiger partial charge in [-0.2, -0.15) is 0 Å². The monoisotopic (exact) mass is 329 g/mol. The first-order chi connectivity index (χ1) is 8.66. The van der Waals surface area contributed by atoms with E-state index in [1.54, 1.807) is 11.3 Å². The molecule has 2 aliphatic rings. The molecule has 18 heavy (non-hydrogen) atoms. The number of aliphatic carboxylic acids is 1. The highest BCUT2D eigenvalue weighted by Crippen LogP contribution is 2.43. The average Bonchev–Trinajstić information content (AvgIpc) is 2.95. The van der Waals surface area contributed by atoms with Crippen molar-refractivity contribution in [1.29, 1.82) is 0 Å². The maximum atomic E-state index is 11.5. The summed E-state index contributed by atoms with van der Waals surface area (Å²) in [5, 5.41) is 11.5. The molecule has 0 radical (unpaired) electrons. The number of halogens is 1. The number of thiophene rings is 1. The van der Waals surface area contributed by atoms with Gasteiger partial charge in [0.15, 0.2) is 0 Å². The second kappa shape index (κ2) is 4.94. The lowest BCUT2D eigenvalue weighted by Gasteiger charge is -2.23. The molecule has 0 bridgehead atoms. The Balaban J connectivity index is 1.79. The molecule has 2 fully saturated rings. The third-order valence-corrected chi connectivity index (χ3v) is 6.19. The normalized spacial score (nSPS) is 31.7. The van der Waals surface area contributed by atoms with Crippen LogP contribution in [0.4, 0.5) is 0 Å². The SMILES string of the molecule is O=C(O)C1C2CCCC2CN1Cc1sccc1Br. The van der Waals surface area contributed by atoms with Crippen molar-refractivity contribution >= 4 is 33.2 Å². The van der Waals surface area contributed by atoms with Crippen LogP contribution in [0.3, 0.4) is 0 Å². The van der Waals surface area contributed by atoms with Crippen molar-refractivity contribution in [2.24, 2.45) is 11.8 Å². The molecule has 2 heterocycles. The predicted octanol–water partition coefficient (Wildman–Crippen LogP) is 3.20. The van der Waals surface area contributed by atoms with E-state index in [1.165, 1.54) is 17.7 Å². The largest absolute Gasteiger partial charge is 0.480 e. The summed E-state index contributed by atoms with van der Waals surface area (Å²) in [6.45, 7) is 1.72. The number of carboxylic acid groups (broad SMARTS) is 1. The van der Waals surface area contributed by atoms with E-state index in [-0.39, 0.29) is 6.04 Å². The molecule has 0 amide bonds. The molecule has 3 atom stereocenters. The van der Waals surface area contributed by atoms with Gasteiger partial charge in [0.05, 0.1) is 0 Å². The van der Waals surface area contributed by atoms with Crippen molar-refractivity contribution in [2.75, 3.05) is 6.54 Å². The summed E-state index contributed by atoms with van der Waals surface area (Å²) in [6, 6.07) is 1.76. The number of carboxylic acids is 1. The molecule has 1 aromatic heterocycles. The standard InChI is InChI=1S/C13H16BrNO2S/c14-10-4-5-18-11(10)7-15-6-8-2-1-3-9(8)12(15)13(16)17/h4-5,8-9,12H,1-3,6-7H2,(H,16,17). The molecule has 98 valence electrons. The number of likely N-dealkylation sites (tertiary alicyclic amines) is 1. The van der Waals surface area contributed by atoms with Gasteiger partial charge in [-0.3, -0.25) is 9.69 Å². The zero-order valence-corrected chi connectivity index (χ0v) is 12.4. The van der Waals surface area contributed by atoms with Crippen LogP contribution in [0.2, 0.25) is 0 Å². The summed E-state index contributed by atoms with van der Waals surface area (Å²) >= 11 is 5.22. The van der Waals surface area contributed by atoms with E-state index in [0.29, 0.717) is 11.8 Å². The summed E-state index contributed by atoms with van der Waals surface area (Å²) in [5.41, 5.74) is 0. The molecule has 1 aromatic rings. The number of nitrogens with zero attached hydrogens (tertiary/aromatic N) is 1. The van der Waals surface area contributed by atoms with Crippen LogP contribution >= 0.6 is 27.3 Å². The minimum Gasteiger partial charge on any atom is -0.480 e. The maximum absolute atomic E-state index is 11.5. The highest BCUT2D eigenvalue weighted by Gasteiger charge is 2.47. The number of carbonyl (C=O) groups is 1. The van der Waals surface area contributed by atoms with E-state index in [0.717, 1.165) is 24.0 Å². The lowest BCUT2D eigenvalue weighted by atomic mass is 9.94. The minimum atomic E-state index is -0.642. The Kier molecular flexibility index (Phi) is 3.47. The van der Waals surface area contributed by atoms with Crippen LogP contribution in [0.1, 0.15) is 24.1 Å². The summed E-state index contributed by atoms with van der Waals surface area (Å²) < 4.78 is 1.11. The Morgan fingerprint density at radius 3 is 3.06 bits per heavy atom.